The van der Waals surface area contributed by atoms with Crippen LogP contribution in [0.5, 0.6) is 0 Å². The van der Waals surface area contributed by atoms with Gasteiger partial charge in [0, 0.05) is 26.3 Å². The van der Waals surface area contributed by atoms with Crippen LogP contribution < -0.4 is 5.32 Å². The van der Waals surface area contributed by atoms with Gasteiger partial charge in [0.25, 0.3) is 0 Å². The molecule has 0 saturated carbocycles. The van der Waals surface area contributed by atoms with Gasteiger partial charge in [-0.3, -0.25) is 0 Å². The first-order chi connectivity index (χ1) is 8.50. The van der Waals surface area contributed by atoms with Crippen molar-refractivity contribution >= 4 is 0 Å². The topological polar surface area (TPSA) is 21.3 Å². The number of alkyl halides is 3. The molecule has 0 bridgehead atoms. The zero-order valence-corrected chi connectivity index (χ0v) is 10.2. The smallest absolute Gasteiger partial charge is 0.385 e. The zero-order chi connectivity index (χ0) is 13.2. The second kappa shape index (κ2) is 5.28. The van der Waals surface area contributed by atoms with Crippen LogP contribution in [0.2, 0.25) is 0 Å². The van der Waals surface area contributed by atoms with Crippen LogP contribution in [0.25, 0.3) is 0 Å². The highest BCUT2D eigenvalue weighted by Gasteiger charge is 2.31. The molecule has 0 radical (unpaired) electrons. The van der Waals surface area contributed by atoms with Gasteiger partial charge in [-0.05, 0) is 36.1 Å². The maximum absolute atomic E-state index is 12.6. The minimum atomic E-state index is -4.26. The summed E-state index contributed by atoms with van der Waals surface area (Å²) >= 11 is 0. The highest BCUT2D eigenvalue weighted by atomic mass is 19.4. The Morgan fingerprint density at radius 2 is 2.11 bits per heavy atom. The molecule has 0 spiro atoms. The van der Waals surface area contributed by atoms with Gasteiger partial charge in [0.05, 0.1) is 5.56 Å². The van der Waals surface area contributed by atoms with Crippen LogP contribution in [0, 0.1) is 0 Å². The molecule has 2 rings (SSSR count). The lowest BCUT2D eigenvalue weighted by atomic mass is 9.93. The molecule has 5 heteroatoms. The van der Waals surface area contributed by atoms with Gasteiger partial charge in [0.1, 0.15) is 0 Å². The molecule has 0 aromatic heterocycles. The van der Waals surface area contributed by atoms with Crippen molar-refractivity contribution in [1.82, 2.24) is 5.32 Å². The average molecular weight is 259 g/mol. The fraction of sp³-hybridized carbons (Fsp3) is 0.538. The summed E-state index contributed by atoms with van der Waals surface area (Å²) in [6.07, 6.45) is -2.63. The van der Waals surface area contributed by atoms with E-state index in [9.17, 15) is 13.2 Å². The first kappa shape index (κ1) is 13.4. The number of methoxy groups -OCH3 is 1. The number of ether oxygens (including phenoxy) is 1. The number of hydrogen-bond donors (Lipinski definition) is 1. The molecule has 18 heavy (non-hydrogen) atoms. The molecule has 1 heterocycles. The highest BCUT2D eigenvalue weighted by Crippen LogP contribution is 2.31. The molecule has 1 aliphatic heterocycles. The largest absolute Gasteiger partial charge is 0.416 e. The minimum absolute atomic E-state index is 0.286. The summed E-state index contributed by atoms with van der Waals surface area (Å²) in [6, 6.07) is 4.29. The predicted octanol–water partition coefficient (Wildman–Crippen LogP) is 2.76. The monoisotopic (exact) mass is 259 g/mol. The lowest BCUT2D eigenvalue weighted by molar-refractivity contribution is -0.137. The van der Waals surface area contributed by atoms with E-state index in [1.807, 2.05) is 0 Å². The van der Waals surface area contributed by atoms with Gasteiger partial charge < -0.3 is 10.1 Å². The SMILES string of the molecule is COCCC1Cc2ccc(C(F)(F)F)cc2CN1. The van der Waals surface area contributed by atoms with Crippen molar-refractivity contribution in [3.63, 3.8) is 0 Å². The second-order valence-corrected chi connectivity index (χ2v) is 4.54. The standard InChI is InChI=1S/C13H16F3NO/c1-18-5-4-12-7-9-2-3-11(13(14,15)16)6-10(9)8-17-12/h2-3,6,12,17H,4-5,7-8H2,1H3. The lowest BCUT2D eigenvalue weighted by Crippen LogP contribution is -2.36. The van der Waals surface area contributed by atoms with Gasteiger partial charge in [0.15, 0.2) is 0 Å². The summed E-state index contributed by atoms with van der Waals surface area (Å²) < 4.78 is 42.7. The zero-order valence-electron chi connectivity index (χ0n) is 10.2. The van der Waals surface area contributed by atoms with Crippen LogP contribution in [0.15, 0.2) is 18.2 Å². The maximum Gasteiger partial charge on any atom is 0.416 e. The molecule has 1 aromatic rings. The Morgan fingerprint density at radius 3 is 2.78 bits per heavy atom. The third-order valence-electron chi connectivity index (χ3n) is 3.25. The van der Waals surface area contributed by atoms with Crippen molar-refractivity contribution in [2.75, 3.05) is 13.7 Å². The van der Waals surface area contributed by atoms with E-state index in [0.29, 0.717) is 13.2 Å². The first-order valence-electron chi connectivity index (χ1n) is 5.92. The fourth-order valence-corrected chi connectivity index (χ4v) is 2.22. The van der Waals surface area contributed by atoms with Gasteiger partial charge in [-0.15, -0.1) is 0 Å². The Labute approximate surface area is 104 Å². The molecule has 2 nitrogen and oxygen atoms in total. The van der Waals surface area contributed by atoms with E-state index in [1.54, 1.807) is 13.2 Å². The van der Waals surface area contributed by atoms with E-state index < -0.39 is 11.7 Å². The third kappa shape index (κ3) is 3.03. The average Bonchev–Trinajstić information content (AvgIpc) is 2.34. The fourth-order valence-electron chi connectivity index (χ4n) is 2.22. The number of nitrogens with one attached hydrogen (secondary N) is 1. The molecular formula is C13H16F3NO. The molecule has 1 N–H and O–H groups in total. The number of benzene rings is 1. The van der Waals surface area contributed by atoms with Crippen LogP contribution >= 0.6 is 0 Å². The quantitative estimate of drug-likeness (QED) is 0.901. The lowest BCUT2D eigenvalue weighted by Gasteiger charge is -2.26. The van der Waals surface area contributed by atoms with Crippen LogP contribution in [-0.4, -0.2) is 19.8 Å². The highest BCUT2D eigenvalue weighted by molar-refractivity contribution is 5.35. The normalized spacial score (nSPS) is 19.7. The molecule has 100 valence electrons. The number of fused-ring (bicyclic) bond motifs is 1. The summed E-state index contributed by atoms with van der Waals surface area (Å²) in [4.78, 5) is 0. The number of halogens is 3. The molecule has 0 amide bonds. The summed E-state index contributed by atoms with van der Waals surface area (Å²) in [7, 11) is 1.65. The van der Waals surface area contributed by atoms with Crippen molar-refractivity contribution in [2.24, 2.45) is 0 Å². The van der Waals surface area contributed by atoms with Crippen molar-refractivity contribution in [2.45, 2.75) is 31.6 Å². The molecule has 1 aliphatic rings. The van der Waals surface area contributed by atoms with Gasteiger partial charge in [-0.1, -0.05) is 6.07 Å². The molecule has 0 fully saturated rings. The molecule has 1 unspecified atom stereocenters. The van der Waals surface area contributed by atoms with E-state index in [1.165, 1.54) is 6.07 Å². The van der Waals surface area contributed by atoms with Crippen molar-refractivity contribution < 1.29 is 17.9 Å². The second-order valence-electron chi connectivity index (χ2n) is 4.54. The Bertz CT molecular complexity index is 417. The van der Waals surface area contributed by atoms with Crippen LogP contribution in [-0.2, 0) is 23.9 Å². The van der Waals surface area contributed by atoms with Gasteiger partial charge in [0.2, 0.25) is 0 Å². The molecule has 1 aromatic carbocycles. The number of rotatable bonds is 3. The summed E-state index contributed by atoms with van der Waals surface area (Å²) in [5.74, 6) is 0. The van der Waals surface area contributed by atoms with E-state index in [4.69, 9.17) is 4.74 Å². The Balaban J connectivity index is 2.11. The summed E-state index contributed by atoms with van der Waals surface area (Å²) in [5.41, 5.74) is 1.18. The van der Waals surface area contributed by atoms with Crippen LogP contribution in [0.1, 0.15) is 23.1 Å². The van der Waals surface area contributed by atoms with E-state index in [-0.39, 0.29) is 6.04 Å². The van der Waals surface area contributed by atoms with Crippen LogP contribution in [0.3, 0.4) is 0 Å². The minimum Gasteiger partial charge on any atom is -0.385 e. The van der Waals surface area contributed by atoms with Gasteiger partial charge >= 0.3 is 6.18 Å². The number of hydrogen-bond acceptors (Lipinski definition) is 2. The van der Waals surface area contributed by atoms with Crippen molar-refractivity contribution in [1.29, 1.82) is 0 Å². The van der Waals surface area contributed by atoms with E-state index in [2.05, 4.69) is 5.32 Å². The van der Waals surface area contributed by atoms with Crippen molar-refractivity contribution in [3.05, 3.63) is 34.9 Å². The van der Waals surface area contributed by atoms with Crippen LogP contribution in [0.4, 0.5) is 13.2 Å². The predicted molar refractivity (Wildman–Crippen MR) is 62.3 cm³/mol. The molecular weight excluding hydrogens is 243 g/mol. The Kier molecular flexibility index (Phi) is 3.92. The summed E-state index contributed by atoms with van der Waals surface area (Å²) in [5, 5.41) is 3.24. The van der Waals surface area contributed by atoms with Crippen molar-refractivity contribution in [3.8, 4) is 0 Å². The maximum atomic E-state index is 12.6. The summed E-state index contributed by atoms with van der Waals surface area (Å²) in [6.45, 7) is 1.15. The van der Waals surface area contributed by atoms with Gasteiger partial charge in [-0.2, -0.15) is 13.2 Å². The van der Waals surface area contributed by atoms with Gasteiger partial charge in [-0.25, -0.2) is 0 Å². The van der Waals surface area contributed by atoms with E-state index in [0.717, 1.165) is 30.0 Å². The third-order valence-corrected chi connectivity index (χ3v) is 3.25. The molecule has 1 atom stereocenters. The Morgan fingerprint density at radius 1 is 1.33 bits per heavy atom. The molecule has 0 saturated heterocycles. The molecule has 0 aliphatic carbocycles. The van der Waals surface area contributed by atoms with E-state index >= 15 is 0 Å². The Hall–Kier alpha value is -1.07. The first-order valence-corrected chi connectivity index (χ1v) is 5.92.